The van der Waals surface area contributed by atoms with Gasteiger partial charge in [0.2, 0.25) is 0 Å². The summed E-state index contributed by atoms with van der Waals surface area (Å²) in [6, 6.07) is 0. The molecule has 3 atom stereocenters. The molecule has 0 saturated heterocycles. The summed E-state index contributed by atoms with van der Waals surface area (Å²) in [7, 11) is -4.52. The summed E-state index contributed by atoms with van der Waals surface area (Å²) < 4.78 is 33.4. The highest BCUT2D eigenvalue weighted by atomic mass is 31.2. The van der Waals surface area contributed by atoms with Crippen LogP contribution >= 0.6 is 7.82 Å². The molecule has 9 nitrogen and oxygen atoms in total. The normalized spacial score (nSPS) is 14.3. The molecule has 0 saturated carbocycles. The van der Waals surface area contributed by atoms with Crippen molar-refractivity contribution in [3.63, 3.8) is 0 Å². The van der Waals surface area contributed by atoms with Gasteiger partial charge in [-0.2, -0.15) is 0 Å². The van der Waals surface area contributed by atoms with Crippen LogP contribution in [0.2, 0.25) is 0 Å². The molecule has 0 heterocycles. The third-order valence-corrected chi connectivity index (χ3v) is 11.0. The van der Waals surface area contributed by atoms with Crippen LogP contribution in [0.25, 0.3) is 0 Å². The van der Waals surface area contributed by atoms with Gasteiger partial charge in [0.15, 0.2) is 0 Å². The third kappa shape index (κ3) is 44.1. The third-order valence-electron chi connectivity index (χ3n) is 10.0. The highest BCUT2D eigenvalue weighted by Crippen LogP contribution is 2.43. The molecule has 10 heteroatoms. The van der Waals surface area contributed by atoms with Gasteiger partial charge in [-0.15, -0.1) is 0 Å². The summed E-state index contributed by atoms with van der Waals surface area (Å²) >= 11 is 0. The molecule has 3 unspecified atom stereocenters. The van der Waals surface area contributed by atoms with Crippen molar-refractivity contribution in [1.82, 2.24) is 0 Å². The topological polar surface area (TPSA) is 132 Å². The summed E-state index contributed by atoms with van der Waals surface area (Å²) in [5.74, 6) is -0.387. The molecule has 0 radical (unpaired) electrons. The predicted molar refractivity (Wildman–Crippen MR) is 237 cm³/mol. The van der Waals surface area contributed by atoms with Crippen LogP contribution < -0.4 is 0 Å². The van der Waals surface area contributed by atoms with Crippen molar-refractivity contribution >= 4 is 13.8 Å². The first-order valence-corrected chi connectivity index (χ1v) is 25.0. The second kappa shape index (κ2) is 44.2. The number of ether oxygens (including phenoxy) is 2. The molecular formula is C47H89O9P. The average molecular weight is 829 g/mol. The molecule has 3 N–H and O–H groups in total. The van der Waals surface area contributed by atoms with Gasteiger partial charge in [0, 0.05) is 13.0 Å². The molecule has 0 fully saturated rings. The number of aliphatic hydroxyl groups is 2. The van der Waals surface area contributed by atoms with Crippen LogP contribution in [0.1, 0.15) is 213 Å². The first-order chi connectivity index (χ1) is 27.8. The maximum Gasteiger partial charge on any atom is 0.472 e. The van der Waals surface area contributed by atoms with E-state index in [1.807, 2.05) is 0 Å². The fourth-order valence-electron chi connectivity index (χ4n) is 6.43. The summed E-state index contributed by atoms with van der Waals surface area (Å²) in [6.45, 7) is 3.47. The number of carbonyl (C=O) groups is 1. The first-order valence-electron chi connectivity index (χ1n) is 23.5. The van der Waals surface area contributed by atoms with E-state index in [1.54, 1.807) is 0 Å². The Balaban J connectivity index is 4.11. The van der Waals surface area contributed by atoms with Crippen molar-refractivity contribution < 1.29 is 43.0 Å². The van der Waals surface area contributed by atoms with Crippen LogP contribution in [0.4, 0.5) is 0 Å². The van der Waals surface area contributed by atoms with E-state index in [-0.39, 0.29) is 25.6 Å². The molecule has 0 aromatic carbocycles. The van der Waals surface area contributed by atoms with Crippen LogP contribution in [-0.4, -0.2) is 66.3 Å². The standard InChI is InChI=1S/C47H89O9P/c1-3-5-7-9-11-13-15-17-19-20-21-22-23-24-25-27-29-31-33-35-37-39-47(50)56-46(44-55-57(51,52)54-42-45(49)41-48)43-53-40-38-36-34-32-30-28-26-18-16-14-12-10-8-6-4-2/h10,12,16,18,20-21,45-46,48-49H,3-9,11,13-15,17,19,22-44H2,1-2H3,(H,51,52)/b12-10-,18-16-,21-20-. The molecule has 0 amide bonds. The van der Waals surface area contributed by atoms with Crippen molar-refractivity contribution in [2.24, 2.45) is 0 Å². The molecule has 57 heavy (non-hydrogen) atoms. The summed E-state index contributed by atoms with van der Waals surface area (Å²) in [5, 5.41) is 18.4. The second-order valence-corrected chi connectivity index (χ2v) is 17.2. The number of phosphoric acid groups is 1. The predicted octanol–water partition coefficient (Wildman–Crippen LogP) is 13.2. The van der Waals surface area contributed by atoms with E-state index >= 15 is 0 Å². The van der Waals surface area contributed by atoms with Crippen LogP contribution in [-0.2, 0) is 27.9 Å². The molecule has 0 aliphatic rings. The van der Waals surface area contributed by atoms with E-state index in [9.17, 15) is 19.4 Å². The minimum absolute atomic E-state index is 0.0424. The Morgan fingerprint density at radius 3 is 1.47 bits per heavy atom. The van der Waals surface area contributed by atoms with E-state index in [2.05, 4.69) is 50.3 Å². The zero-order valence-electron chi connectivity index (χ0n) is 36.8. The Kier molecular flexibility index (Phi) is 43.2. The van der Waals surface area contributed by atoms with Gasteiger partial charge in [-0.25, -0.2) is 4.57 Å². The van der Waals surface area contributed by atoms with Crippen molar-refractivity contribution in [2.75, 3.05) is 33.0 Å². The van der Waals surface area contributed by atoms with Crippen molar-refractivity contribution in [2.45, 2.75) is 225 Å². The maximum atomic E-state index is 12.6. The molecular weight excluding hydrogens is 739 g/mol. The Bertz CT molecular complexity index is 986. The number of unbranched alkanes of at least 4 members (excludes halogenated alkanes) is 25. The Hall–Kier alpha value is -1.32. The van der Waals surface area contributed by atoms with Gasteiger partial charge in [-0.05, 0) is 64.2 Å². The lowest BCUT2D eigenvalue weighted by Gasteiger charge is -2.20. The number of allylic oxidation sites excluding steroid dienone is 6. The molecule has 0 aliphatic carbocycles. The largest absolute Gasteiger partial charge is 0.472 e. The van der Waals surface area contributed by atoms with Crippen LogP contribution in [0.5, 0.6) is 0 Å². The number of rotatable bonds is 45. The summed E-state index contributed by atoms with van der Waals surface area (Å²) in [5.41, 5.74) is 0. The Labute approximate surface area is 350 Å². The zero-order valence-corrected chi connectivity index (χ0v) is 37.7. The maximum absolute atomic E-state index is 12.6. The van der Waals surface area contributed by atoms with Gasteiger partial charge < -0.3 is 24.6 Å². The van der Waals surface area contributed by atoms with E-state index in [0.29, 0.717) is 6.61 Å². The number of hydrogen-bond donors (Lipinski definition) is 3. The first kappa shape index (κ1) is 55.7. The number of hydrogen-bond acceptors (Lipinski definition) is 8. The smallest absolute Gasteiger partial charge is 0.457 e. The Morgan fingerprint density at radius 1 is 0.544 bits per heavy atom. The summed E-state index contributed by atoms with van der Waals surface area (Å²) in [4.78, 5) is 22.6. The molecule has 0 rings (SSSR count). The fourth-order valence-corrected chi connectivity index (χ4v) is 7.22. The van der Waals surface area contributed by atoms with Gasteiger partial charge >= 0.3 is 13.8 Å². The Morgan fingerprint density at radius 2 is 0.965 bits per heavy atom. The molecule has 0 aromatic rings. The molecule has 0 aromatic heterocycles. The fraction of sp³-hybridized carbons (Fsp3) is 0.851. The van der Waals surface area contributed by atoms with Gasteiger partial charge in [0.1, 0.15) is 12.2 Å². The zero-order chi connectivity index (χ0) is 41.8. The van der Waals surface area contributed by atoms with E-state index in [1.165, 1.54) is 141 Å². The van der Waals surface area contributed by atoms with Gasteiger partial charge in [0.05, 0.1) is 26.4 Å². The SMILES string of the molecule is CCCC/C=C\C/C=C\CCCCCCCCOCC(COP(=O)(O)OCC(O)CO)OC(=O)CCCCCCCCCCC/C=C\CCCCCCCCCC. The minimum Gasteiger partial charge on any atom is -0.457 e. The van der Waals surface area contributed by atoms with Crippen LogP contribution in [0.3, 0.4) is 0 Å². The number of phosphoric ester groups is 1. The van der Waals surface area contributed by atoms with Crippen molar-refractivity contribution in [3.8, 4) is 0 Å². The van der Waals surface area contributed by atoms with E-state index in [4.69, 9.17) is 23.6 Å². The summed E-state index contributed by atoms with van der Waals surface area (Å²) in [6.07, 6.45) is 48.2. The van der Waals surface area contributed by atoms with E-state index in [0.717, 1.165) is 51.4 Å². The molecule has 0 spiro atoms. The van der Waals surface area contributed by atoms with Gasteiger partial charge in [-0.1, -0.05) is 179 Å². The van der Waals surface area contributed by atoms with E-state index < -0.39 is 33.2 Å². The molecule has 0 aliphatic heterocycles. The van der Waals surface area contributed by atoms with Crippen LogP contribution in [0.15, 0.2) is 36.5 Å². The monoisotopic (exact) mass is 829 g/mol. The molecule has 0 bridgehead atoms. The van der Waals surface area contributed by atoms with Crippen molar-refractivity contribution in [1.29, 1.82) is 0 Å². The number of carbonyl (C=O) groups excluding carboxylic acids is 1. The second-order valence-electron chi connectivity index (χ2n) is 15.8. The minimum atomic E-state index is -4.52. The quantitative estimate of drug-likeness (QED) is 0.0237. The van der Waals surface area contributed by atoms with Gasteiger partial charge in [0.25, 0.3) is 0 Å². The average Bonchev–Trinajstić information content (AvgIpc) is 3.20. The van der Waals surface area contributed by atoms with Gasteiger partial charge in [-0.3, -0.25) is 13.8 Å². The number of aliphatic hydroxyl groups excluding tert-OH is 2. The van der Waals surface area contributed by atoms with Crippen molar-refractivity contribution in [3.05, 3.63) is 36.5 Å². The number of esters is 1. The lowest BCUT2D eigenvalue weighted by atomic mass is 10.1. The lowest BCUT2D eigenvalue weighted by molar-refractivity contribution is -0.154. The lowest BCUT2D eigenvalue weighted by Crippen LogP contribution is -2.29. The van der Waals surface area contributed by atoms with Crippen LogP contribution in [0, 0.1) is 0 Å². The molecule has 336 valence electrons. The highest BCUT2D eigenvalue weighted by molar-refractivity contribution is 7.47. The highest BCUT2D eigenvalue weighted by Gasteiger charge is 2.26.